The highest BCUT2D eigenvalue weighted by molar-refractivity contribution is 7.15. The second-order valence-corrected chi connectivity index (χ2v) is 9.40. The van der Waals surface area contributed by atoms with Crippen LogP contribution < -0.4 is 0 Å². The van der Waals surface area contributed by atoms with Gasteiger partial charge in [0.2, 0.25) is 0 Å². The highest BCUT2D eigenvalue weighted by Gasteiger charge is 2.63. The molecule has 0 amide bonds. The number of aromatic nitrogens is 1. The average Bonchev–Trinajstić information content (AvgIpc) is 3.41. The predicted octanol–water partition coefficient (Wildman–Crippen LogP) is 4.85. The van der Waals surface area contributed by atoms with Crippen molar-refractivity contribution in [3.05, 3.63) is 38.6 Å². The lowest BCUT2D eigenvalue weighted by Gasteiger charge is -2.16. The van der Waals surface area contributed by atoms with Crippen molar-refractivity contribution in [1.82, 2.24) is 4.98 Å². The van der Waals surface area contributed by atoms with Gasteiger partial charge in [-0.3, -0.25) is 9.59 Å². The van der Waals surface area contributed by atoms with Gasteiger partial charge in [0.1, 0.15) is 16.7 Å². The molecule has 2 saturated heterocycles. The van der Waals surface area contributed by atoms with Gasteiger partial charge in [-0.05, 0) is 31.4 Å². The second kappa shape index (κ2) is 6.59. The van der Waals surface area contributed by atoms with E-state index < -0.39 is 11.7 Å². The van der Waals surface area contributed by atoms with Crippen LogP contribution in [-0.2, 0) is 20.7 Å². The van der Waals surface area contributed by atoms with Gasteiger partial charge in [-0.1, -0.05) is 30.1 Å². The van der Waals surface area contributed by atoms with Crippen molar-refractivity contribution in [2.45, 2.75) is 44.3 Å². The Kier molecular flexibility index (Phi) is 4.40. The number of carbonyl (C=O) groups is 2. The van der Waals surface area contributed by atoms with Gasteiger partial charge < -0.3 is 4.74 Å². The number of rotatable bonds is 3. The van der Waals surface area contributed by atoms with Crippen molar-refractivity contribution in [2.24, 2.45) is 11.8 Å². The van der Waals surface area contributed by atoms with E-state index in [1.165, 1.54) is 23.5 Å². The summed E-state index contributed by atoms with van der Waals surface area (Å²) in [5.41, 5.74) is 0.911. The van der Waals surface area contributed by atoms with E-state index in [4.69, 9.17) is 27.9 Å². The molecule has 3 fully saturated rings. The van der Waals surface area contributed by atoms with Crippen molar-refractivity contribution in [2.75, 3.05) is 0 Å². The minimum Gasteiger partial charge on any atom is -0.373 e. The zero-order valence-electron chi connectivity index (χ0n) is 14.9. The number of fused-ring (bicyclic) bond motifs is 5. The lowest BCUT2D eigenvalue weighted by molar-refractivity contribution is -0.127. The van der Waals surface area contributed by atoms with Crippen LogP contribution in [0.25, 0.3) is 10.6 Å². The van der Waals surface area contributed by atoms with E-state index in [1.54, 1.807) is 0 Å². The van der Waals surface area contributed by atoms with Crippen LogP contribution in [0.15, 0.2) is 12.1 Å². The first-order valence-electron chi connectivity index (χ1n) is 9.28. The van der Waals surface area contributed by atoms with Gasteiger partial charge in [0, 0.05) is 10.4 Å². The Hall–Kier alpha value is -1.34. The molecule has 0 radical (unpaired) electrons. The largest absolute Gasteiger partial charge is 0.373 e. The van der Waals surface area contributed by atoms with Gasteiger partial charge >= 0.3 is 0 Å². The Morgan fingerprint density at radius 1 is 1.14 bits per heavy atom. The predicted molar refractivity (Wildman–Crippen MR) is 105 cm³/mol. The Morgan fingerprint density at radius 2 is 1.79 bits per heavy atom. The third-order valence-corrected chi connectivity index (χ3v) is 7.91. The highest BCUT2D eigenvalue weighted by atomic mass is 35.5. The summed E-state index contributed by atoms with van der Waals surface area (Å²) in [6, 6.07) is 2.58. The summed E-state index contributed by atoms with van der Waals surface area (Å²) in [5.74, 6) is -2.29. The Bertz CT molecular complexity index is 995. The summed E-state index contributed by atoms with van der Waals surface area (Å²) in [5, 5.41) is 0.705. The third kappa shape index (κ3) is 2.54. The summed E-state index contributed by atoms with van der Waals surface area (Å²) in [6.45, 7) is 1.95. The molecule has 3 heterocycles. The number of nitrogens with zero attached hydrogens (tertiary/aromatic N) is 1. The summed E-state index contributed by atoms with van der Waals surface area (Å²) in [7, 11) is 0. The van der Waals surface area contributed by atoms with Gasteiger partial charge in [-0.25, -0.2) is 9.37 Å². The van der Waals surface area contributed by atoms with Crippen LogP contribution in [-0.4, -0.2) is 28.8 Å². The molecule has 0 spiro atoms. The van der Waals surface area contributed by atoms with Gasteiger partial charge in [0.15, 0.2) is 11.6 Å². The number of ketones is 2. The van der Waals surface area contributed by atoms with Crippen LogP contribution in [0, 0.1) is 17.7 Å². The van der Waals surface area contributed by atoms with Crippen molar-refractivity contribution >= 4 is 46.1 Å². The van der Waals surface area contributed by atoms with Crippen LogP contribution in [0.5, 0.6) is 0 Å². The first-order chi connectivity index (χ1) is 13.4. The van der Waals surface area contributed by atoms with E-state index >= 15 is 0 Å². The molecule has 4 nitrogen and oxygen atoms in total. The van der Waals surface area contributed by atoms with Gasteiger partial charge in [-0.2, -0.15) is 0 Å². The number of Topliss-reactive ketones (excluding diaryl/α,β-unsaturated/α-hetero) is 2. The summed E-state index contributed by atoms with van der Waals surface area (Å²) >= 11 is 13.4. The molecule has 1 aromatic carbocycles. The van der Waals surface area contributed by atoms with E-state index in [1.807, 2.05) is 6.92 Å². The number of hydrogen-bond donors (Lipinski definition) is 0. The molecular formula is C20H16Cl2FNO3S. The molecule has 2 bridgehead atoms. The van der Waals surface area contributed by atoms with Gasteiger partial charge in [0.25, 0.3) is 0 Å². The monoisotopic (exact) mass is 439 g/mol. The highest BCUT2D eigenvalue weighted by Crippen LogP contribution is 2.53. The molecule has 2 aliphatic heterocycles. The van der Waals surface area contributed by atoms with Crippen molar-refractivity contribution in [3.8, 4) is 10.6 Å². The molecule has 1 saturated carbocycles. The van der Waals surface area contributed by atoms with Crippen LogP contribution in [0.4, 0.5) is 4.39 Å². The molecule has 1 aliphatic carbocycles. The van der Waals surface area contributed by atoms with E-state index in [0.29, 0.717) is 22.7 Å². The Balaban J connectivity index is 1.58. The standard InChI is InChI=1S/C20H16Cl2FNO3S/c1-2-13-17(24-20(28-13)7-5-10(23)9(22)6-8(7)21)16-18(25)14-11-3-4-12(27-11)15(14)19(16)26/h5-6,11-12,14-16H,2-4H2,1H3/t11-,12+,14-,15+,16?. The van der Waals surface area contributed by atoms with Gasteiger partial charge in [0.05, 0.1) is 39.8 Å². The van der Waals surface area contributed by atoms with Crippen molar-refractivity contribution in [1.29, 1.82) is 0 Å². The van der Waals surface area contributed by atoms with Gasteiger partial charge in [-0.15, -0.1) is 11.3 Å². The number of hydrogen-bond acceptors (Lipinski definition) is 5. The smallest absolute Gasteiger partial charge is 0.155 e. The zero-order valence-corrected chi connectivity index (χ0v) is 17.2. The van der Waals surface area contributed by atoms with Crippen LogP contribution in [0.3, 0.4) is 0 Å². The number of ether oxygens (including phenoxy) is 1. The molecule has 8 heteroatoms. The number of benzene rings is 1. The van der Waals surface area contributed by atoms with Crippen molar-refractivity contribution in [3.63, 3.8) is 0 Å². The molecule has 5 atom stereocenters. The Morgan fingerprint density at radius 3 is 2.39 bits per heavy atom. The fourth-order valence-electron chi connectivity index (χ4n) is 4.84. The van der Waals surface area contributed by atoms with Crippen LogP contribution in [0.1, 0.15) is 36.3 Å². The molecule has 3 aliphatic rings. The molecule has 5 rings (SSSR count). The van der Waals surface area contributed by atoms with Crippen LogP contribution >= 0.6 is 34.5 Å². The first-order valence-corrected chi connectivity index (χ1v) is 10.8. The maximum absolute atomic E-state index is 14.0. The quantitative estimate of drug-likeness (QED) is 0.506. The topological polar surface area (TPSA) is 56.3 Å². The molecule has 2 aromatic rings. The summed E-state index contributed by atoms with van der Waals surface area (Å²) < 4.78 is 19.8. The third-order valence-electron chi connectivity index (χ3n) is 6.06. The van der Waals surface area contributed by atoms with Crippen LogP contribution in [0.2, 0.25) is 10.0 Å². The maximum atomic E-state index is 14.0. The number of carbonyl (C=O) groups excluding carboxylic acids is 2. The summed E-state index contributed by atoms with van der Waals surface area (Å²) in [4.78, 5) is 31.7. The minimum absolute atomic E-state index is 0.0642. The second-order valence-electron chi connectivity index (χ2n) is 7.51. The molecule has 1 unspecified atom stereocenters. The number of aryl methyl sites for hydroxylation is 1. The molecular weight excluding hydrogens is 424 g/mol. The minimum atomic E-state index is -0.849. The SMILES string of the molecule is CCc1sc(-c2cc(F)c(Cl)cc2Cl)nc1C1C(=O)[C@@H]2[C@H](C1=O)[C@H]1CC[C@@H]2O1. The van der Waals surface area contributed by atoms with E-state index in [-0.39, 0.29) is 45.7 Å². The lowest BCUT2D eigenvalue weighted by atomic mass is 9.81. The van der Waals surface area contributed by atoms with E-state index in [2.05, 4.69) is 4.98 Å². The lowest BCUT2D eigenvalue weighted by Crippen LogP contribution is -2.29. The molecule has 28 heavy (non-hydrogen) atoms. The number of thiazole rings is 1. The first kappa shape index (κ1) is 18.7. The van der Waals surface area contributed by atoms with E-state index in [9.17, 15) is 14.0 Å². The Labute approximate surface area is 175 Å². The normalized spacial score (nSPS) is 31.1. The maximum Gasteiger partial charge on any atom is 0.155 e. The average molecular weight is 440 g/mol. The van der Waals surface area contributed by atoms with E-state index in [0.717, 1.165) is 17.7 Å². The molecule has 146 valence electrons. The number of halogens is 3. The fourth-order valence-corrected chi connectivity index (χ4v) is 6.44. The molecule has 1 aromatic heterocycles. The van der Waals surface area contributed by atoms with Crippen molar-refractivity contribution < 1.29 is 18.7 Å². The summed E-state index contributed by atoms with van der Waals surface area (Å²) in [6.07, 6.45) is 2.01. The fraction of sp³-hybridized carbons (Fsp3) is 0.450. The molecule has 0 N–H and O–H groups in total. The zero-order chi connectivity index (χ0) is 19.7.